The molecular weight excluding hydrogens is 526 g/mol. The minimum Gasteiger partial charge on any atom is -0.497 e. The molecule has 1 N–H and O–H groups in total. The number of carbonyl (C=O) groups excluding carboxylic acids is 2. The van der Waals surface area contributed by atoms with Gasteiger partial charge in [0.25, 0.3) is 10.0 Å². The minimum atomic E-state index is -4.13. The number of amides is 2. The molecule has 1 atom stereocenters. The number of anilines is 1. The van der Waals surface area contributed by atoms with E-state index >= 15 is 0 Å². The molecule has 8 nitrogen and oxygen atoms in total. The Balaban J connectivity index is 1.95. The number of benzene rings is 3. The van der Waals surface area contributed by atoms with Gasteiger partial charge in [0, 0.05) is 13.1 Å². The molecule has 9 heteroatoms. The van der Waals surface area contributed by atoms with Gasteiger partial charge in [-0.3, -0.25) is 13.9 Å². The molecule has 0 fully saturated rings. The van der Waals surface area contributed by atoms with Crippen molar-refractivity contribution in [3.63, 3.8) is 0 Å². The third-order valence-electron chi connectivity index (χ3n) is 6.58. The molecule has 2 amide bonds. The lowest BCUT2D eigenvalue weighted by Gasteiger charge is -2.32. The third-order valence-corrected chi connectivity index (χ3v) is 8.37. The molecule has 214 valence electrons. The van der Waals surface area contributed by atoms with Gasteiger partial charge in [0.15, 0.2) is 0 Å². The summed E-state index contributed by atoms with van der Waals surface area (Å²) in [6.07, 6.45) is 0.518. The molecule has 0 aliphatic heterocycles. The Morgan fingerprint density at radius 1 is 0.900 bits per heavy atom. The lowest BCUT2D eigenvalue weighted by atomic mass is 10.1. The smallest absolute Gasteiger partial charge is 0.264 e. The van der Waals surface area contributed by atoms with Crippen molar-refractivity contribution in [1.82, 2.24) is 10.2 Å². The summed E-state index contributed by atoms with van der Waals surface area (Å²) >= 11 is 0. The summed E-state index contributed by atoms with van der Waals surface area (Å²) in [5.74, 6) is 0.0114. The fourth-order valence-electron chi connectivity index (χ4n) is 4.14. The van der Waals surface area contributed by atoms with Crippen LogP contribution in [0.25, 0.3) is 0 Å². The highest BCUT2D eigenvalue weighted by molar-refractivity contribution is 7.92. The van der Waals surface area contributed by atoms with Crippen molar-refractivity contribution in [3.05, 3.63) is 90.0 Å². The van der Waals surface area contributed by atoms with Gasteiger partial charge in [-0.2, -0.15) is 0 Å². The van der Waals surface area contributed by atoms with Crippen LogP contribution < -0.4 is 14.4 Å². The van der Waals surface area contributed by atoms with Crippen LogP contribution in [0.15, 0.2) is 83.8 Å². The first kappa shape index (κ1) is 30.7. The van der Waals surface area contributed by atoms with Crippen molar-refractivity contribution < 1.29 is 22.7 Å². The Bertz CT molecular complexity index is 1360. The molecule has 0 aliphatic carbocycles. The first-order chi connectivity index (χ1) is 19.0. The van der Waals surface area contributed by atoms with E-state index in [0.29, 0.717) is 24.4 Å². The molecule has 40 heavy (non-hydrogen) atoms. The number of carbonyl (C=O) groups is 2. The van der Waals surface area contributed by atoms with Gasteiger partial charge in [-0.15, -0.1) is 0 Å². The average molecular weight is 566 g/mol. The quantitative estimate of drug-likeness (QED) is 0.331. The van der Waals surface area contributed by atoms with Crippen molar-refractivity contribution in [2.24, 2.45) is 5.92 Å². The van der Waals surface area contributed by atoms with Gasteiger partial charge in [-0.1, -0.05) is 61.9 Å². The number of rotatable bonds is 13. The van der Waals surface area contributed by atoms with Crippen molar-refractivity contribution >= 4 is 27.5 Å². The Hall–Kier alpha value is -3.85. The number of nitrogens with zero attached hydrogens (tertiary/aromatic N) is 2. The van der Waals surface area contributed by atoms with Gasteiger partial charge < -0.3 is 15.0 Å². The van der Waals surface area contributed by atoms with Crippen LogP contribution in [0.1, 0.15) is 31.9 Å². The van der Waals surface area contributed by atoms with E-state index in [1.54, 1.807) is 43.3 Å². The molecule has 3 aromatic carbocycles. The van der Waals surface area contributed by atoms with E-state index in [4.69, 9.17) is 4.74 Å². The van der Waals surface area contributed by atoms with Gasteiger partial charge in [-0.05, 0) is 68.1 Å². The Morgan fingerprint density at radius 3 is 2.10 bits per heavy atom. The van der Waals surface area contributed by atoms with E-state index in [-0.39, 0.29) is 23.3 Å². The lowest BCUT2D eigenvalue weighted by molar-refractivity contribution is -0.138. The first-order valence-corrected chi connectivity index (χ1v) is 14.8. The van der Waals surface area contributed by atoms with Crippen LogP contribution in [0.3, 0.4) is 0 Å². The van der Waals surface area contributed by atoms with E-state index in [9.17, 15) is 18.0 Å². The molecule has 0 unspecified atom stereocenters. The summed E-state index contributed by atoms with van der Waals surface area (Å²) in [4.78, 5) is 28.4. The summed E-state index contributed by atoms with van der Waals surface area (Å²) in [6.45, 7) is 7.83. The second-order valence-corrected chi connectivity index (χ2v) is 12.0. The highest BCUT2D eigenvalue weighted by atomic mass is 32.2. The molecule has 0 aromatic heterocycles. The van der Waals surface area contributed by atoms with Crippen molar-refractivity contribution in [1.29, 1.82) is 0 Å². The van der Waals surface area contributed by atoms with E-state index in [2.05, 4.69) is 5.32 Å². The van der Waals surface area contributed by atoms with Crippen LogP contribution in [-0.4, -0.2) is 57.9 Å². The van der Waals surface area contributed by atoms with Crippen LogP contribution in [0, 0.1) is 12.8 Å². The SMILES string of the molecule is COc1ccc(S(=O)(=O)N(CC(=O)N(CCc2ccccc2)[C@H](C)C(=O)NCC(C)C)c2ccc(C)cc2)cc1. The van der Waals surface area contributed by atoms with Crippen molar-refractivity contribution in [2.45, 2.75) is 45.1 Å². The molecule has 0 aliphatic rings. The predicted octanol–water partition coefficient (Wildman–Crippen LogP) is 4.43. The average Bonchev–Trinajstić information content (AvgIpc) is 2.95. The van der Waals surface area contributed by atoms with E-state index in [1.807, 2.05) is 51.1 Å². The number of sulfonamides is 1. The number of ether oxygens (including phenoxy) is 1. The first-order valence-electron chi connectivity index (χ1n) is 13.4. The summed E-state index contributed by atoms with van der Waals surface area (Å²) in [7, 11) is -2.62. The third kappa shape index (κ3) is 8.08. The molecule has 0 spiro atoms. The zero-order valence-corrected chi connectivity index (χ0v) is 24.6. The lowest BCUT2D eigenvalue weighted by Crippen LogP contribution is -2.52. The summed E-state index contributed by atoms with van der Waals surface area (Å²) in [5.41, 5.74) is 2.32. The van der Waals surface area contributed by atoms with Crippen LogP contribution in [-0.2, 0) is 26.0 Å². The second kappa shape index (κ2) is 14.0. The van der Waals surface area contributed by atoms with Gasteiger partial charge in [0.1, 0.15) is 18.3 Å². The fraction of sp³-hybridized carbons (Fsp3) is 0.355. The standard InChI is InChI=1S/C31H39N3O5S/c1-23(2)21-32-31(36)25(4)33(20-19-26-9-7-6-8-10-26)30(35)22-34(27-13-11-24(3)12-14-27)40(37,38)29-17-15-28(39-5)16-18-29/h6-18,23,25H,19-22H2,1-5H3,(H,32,36)/t25-/m1/s1. The molecular formula is C31H39N3O5S. The fourth-order valence-corrected chi connectivity index (χ4v) is 5.55. The van der Waals surface area contributed by atoms with Crippen molar-refractivity contribution in [3.8, 4) is 5.75 Å². The Kier molecular flexibility index (Phi) is 10.7. The second-order valence-electron chi connectivity index (χ2n) is 10.2. The number of nitrogens with one attached hydrogen (secondary N) is 1. The number of hydrogen-bond acceptors (Lipinski definition) is 5. The summed E-state index contributed by atoms with van der Waals surface area (Å²) in [5, 5.41) is 2.90. The number of methoxy groups -OCH3 is 1. The summed E-state index contributed by atoms with van der Waals surface area (Å²) < 4.78 is 34.0. The van der Waals surface area contributed by atoms with Gasteiger partial charge in [0.05, 0.1) is 17.7 Å². The molecule has 0 saturated heterocycles. The predicted molar refractivity (Wildman–Crippen MR) is 158 cm³/mol. The Morgan fingerprint density at radius 2 is 1.52 bits per heavy atom. The maximum Gasteiger partial charge on any atom is 0.264 e. The molecule has 0 saturated carbocycles. The van der Waals surface area contributed by atoms with E-state index in [1.165, 1.54) is 24.1 Å². The Labute approximate surface area is 238 Å². The van der Waals surface area contributed by atoms with Crippen LogP contribution in [0.4, 0.5) is 5.69 Å². The minimum absolute atomic E-state index is 0.0280. The van der Waals surface area contributed by atoms with Gasteiger partial charge in [-0.25, -0.2) is 8.42 Å². The topological polar surface area (TPSA) is 96.0 Å². The maximum atomic E-state index is 13.9. The highest BCUT2D eigenvalue weighted by Gasteiger charge is 2.32. The van der Waals surface area contributed by atoms with Crippen molar-refractivity contribution in [2.75, 3.05) is 31.0 Å². The van der Waals surface area contributed by atoms with Gasteiger partial charge in [0.2, 0.25) is 11.8 Å². The van der Waals surface area contributed by atoms with E-state index in [0.717, 1.165) is 15.4 Å². The zero-order valence-electron chi connectivity index (χ0n) is 23.8. The van der Waals surface area contributed by atoms with Crippen LogP contribution >= 0.6 is 0 Å². The molecule has 0 radical (unpaired) electrons. The molecule has 3 aromatic rings. The van der Waals surface area contributed by atoms with Crippen LogP contribution in [0.2, 0.25) is 0 Å². The monoisotopic (exact) mass is 565 g/mol. The van der Waals surface area contributed by atoms with Gasteiger partial charge >= 0.3 is 0 Å². The number of hydrogen-bond donors (Lipinski definition) is 1. The maximum absolute atomic E-state index is 13.9. The van der Waals surface area contributed by atoms with E-state index < -0.39 is 28.5 Å². The zero-order chi connectivity index (χ0) is 29.3. The largest absolute Gasteiger partial charge is 0.497 e. The molecule has 0 bridgehead atoms. The molecule has 3 rings (SSSR count). The summed E-state index contributed by atoms with van der Waals surface area (Å²) in [6, 6.07) is 21.9. The van der Waals surface area contributed by atoms with Crippen LogP contribution in [0.5, 0.6) is 5.75 Å². The normalized spacial score (nSPS) is 12.1. The number of aryl methyl sites for hydroxylation is 1. The highest BCUT2D eigenvalue weighted by Crippen LogP contribution is 2.26. The molecule has 0 heterocycles.